The van der Waals surface area contributed by atoms with E-state index >= 15 is 0 Å². The second-order valence-corrected chi connectivity index (χ2v) is 6.98. The van der Waals surface area contributed by atoms with Crippen LogP contribution in [-0.2, 0) is 4.74 Å². The Labute approximate surface area is 111 Å². The van der Waals surface area contributed by atoms with Gasteiger partial charge in [-0.3, -0.25) is 4.90 Å². The van der Waals surface area contributed by atoms with Crippen LogP contribution in [0.3, 0.4) is 0 Å². The first-order chi connectivity index (χ1) is 8.58. The number of ether oxygens (including phenoxy) is 1. The Morgan fingerprint density at radius 1 is 1.28 bits per heavy atom. The molecule has 0 aromatic rings. The van der Waals surface area contributed by atoms with Gasteiger partial charge in [-0.05, 0) is 51.9 Å². The number of nitrogens with one attached hydrogen (secondary N) is 1. The molecule has 0 spiro atoms. The largest absolute Gasteiger partial charge is 0.378 e. The van der Waals surface area contributed by atoms with Gasteiger partial charge in [0.1, 0.15) is 0 Å². The average molecular weight is 252 g/mol. The molecule has 0 aromatic heterocycles. The van der Waals surface area contributed by atoms with Crippen LogP contribution in [-0.4, -0.2) is 48.8 Å². The van der Waals surface area contributed by atoms with Gasteiger partial charge in [-0.15, -0.1) is 0 Å². The molecule has 0 aromatic carbocycles. The van der Waals surface area contributed by atoms with E-state index in [1.54, 1.807) is 0 Å². The van der Waals surface area contributed by atoms with E-state index in [2.05, 4.69) is 31.0 Å². The molecule has 3 fully saturated rings. The molecule has 0 bridgehead atoms. The SMILES string of the molecule is CC1OCCC1CN1CC(C)(C2CC2)NCC1C. The molecule has 4 atom stereocenters. The normalized spacial score (nSPS) is 46.5. The lowest BCUT2D eigenvalue weighted by Gasteiger charge is -2.46. The number of hydrogen-bond acceptors (Lipinski definition) is 3. The molecule has 4 unspecified atom stereocenters. The first-order valence-electron chi connectivity index (χ1n) is 7.69. The maximum absolute atomic E-state index is 5.71. The van der Waals surface area contributed by atoms with Gasteiger partial charge in [-0.25, -0.2) is 0 Å². The molecule has 0 radical (unpaired) electrons. The standard InChI is InChI=1S/C15H28N2O/c1-11-8-16-15(3,14-4-5-14)10-17(11)9-13-6-7-18-12(13)2/h11-14,16H,4-10H2,1-3H3. The molecule has 18 heavy (non-hydrogen) atoms. The van der Waals surface area contributed by atoms with Gasteiger partial charge in [0.15, 0.2) is 0 Å². The highest BCUT2D eigenvalue weighted by atomic mass is 16.5. The average Bonchev–Trinajstić information content (AvgIpc) is 3.12. The van der Waals surface area contributed by atoms with E-state index in [0.29, 0.717) is 17.7 Å². The minimum absolute atomic E-state index is 0.370. The minimum atomic E-state index is 0.370. The number of rotatable bonds is 3. The zero-order valence-corrected chi connectivity index (χ0v) is 12.1. The summed E-state index contributed by atoms with van der Waals surface area (Å²) in [5.41, 5.74) is 0.370. The zero-order valence-electron chi connectivity index (χ0n) is 12.1. The van der Waals surface area contributed by atoms with Crippen molar-refractivity contribution in [3.8, 4) is 0 Å². The van der Waals surface area contributed by atoms with Crippen LogP contribution in [0.25, 0.3) is 0 Å². The summed E-state index contributed by atoms with van der Waals surface area (Å²) in [6.07, 6.45) is 4.56. The van der Waals surface area contributed by atoms with E-state index in [1.165, 1.54) is 32.4 Å². The van der Waals surface area contributed by atoms with Crippen LogP contribution >= 0.6 is 0 Å². The van der Waals surface area contributed by atoms with Crippen LogP contribution in [0.1, 0.15) is 40.0 Å². The second-order valence-electron chi connectivity index (χ2n) is 6.98. The van der Waals surface area contributed by atoms with Crippen LogP contribution in [0.5, 0.6) is 0 Å². The van der Waals surface area contributed by atoms with Crippen molar-refractivity contribution in [2.45, 2.75) is 57.7 Å². The molecule has 104 valence electrons. The van der Waals surface area contributed by atoms with Crippen LogP contribution < -0.4 is 5.32 Å². The lowest BCUT2D eigenvalue weighted by Crippen LogP contribution is -2.64. The van der Waals surface area contributed by atoms with Crippen LogP contribution in [0, 0.1) is 11.8 Å². The van der Waals surface area contributed by atoms with Crippen LogP contribution in [0.15, 0.2) is 0 Å². The van der Waals surface area contributed by atoms with Crippen molar-refractivity contribution in [1.29, 1.82) is 0 Å². The minimum Gasteiger partial charge on any atom is -0.378 e. The second kappa shape index (κ2) is 4.77. The monoisotopic (exact) mass is 252 g/mol. The Morgan fingerprint density at radius 2 is 2.06 bits per heavy atom. The summed E-state index contributed by atoms with van der Waals surface area (Å²) in [5, 5.41) is 3.80. The van der Waals surface area contributed by atoms with E-state index in [1.807, 2.05) is 0 Å². The highest BCUT2D eigenvalue weighted by molar-refractivity contribution is 5.03. The van der Waals surface area contributed by atoms with Gasteiger partial charge in [0, 0.05) is 37.8 Å². The molecule has 1 aliphatic carbocycles. The Bertz CT molecular complexity index is 305. The molecule has 3 nitrogen and oxygen atoms in total. The molecular weight excluding hydrogens is 224 g/mol. The molecule has 3 aliphatic rings. The number of hydrogen-bond donors (Lipinski definition) is 1. The number of piperazine rings is 1. The van der Waals surface area contributed by atoms with E-state index in [-0.39, 0.29) is 0 Å². The van der Waals surface area contributed by atoms with Gasteiger partial charge in [-0.1, -0.05) is 0 Å². The van der Waals surface area contributed by atoms with Gasteiger partial charge in [0.25, 0.3) is 0 Å². The van der Waals surface area contributed by atoms with Crippen molar-refractivity contribution in [3.05, 3.63) is 0 Å². The van der Waals surface area contributed by atoms with Crippen molar-refractivity contribution in [2.24, 2.45) is 11.8 Å². The molecule has 0 amide bonds. The maximum atomic E-state index is 5.71. The summed E-state index contributed by atoms with van der Waals surface area (Å²) in [7, 11) is 0. The maximum Gasteiger partial charge on any atom is 0.0588 e. The molecule has 3 rings (SSSR count). The predicted octanol–water partition coefficient (Wildman–Crippen LogP) is 1.87. The van der Waals surface area contributed by atoms with E-state index in [4.69, 9.17) is 4.74 Å². The highest BCUT2D eigenvalue weighted by Gasteiger charge is 2.45. The predicted molar refractivity (Wildman–Crippen MR) is 73.7 cm³/mol. The molecule has 2 aliphatic heterocycles. The lowest BCUT2D eigenvalue weighted by molar-refractivity contribution is 0.0474. The first kappa shape index (κ1) is 12.9. The van der Waals surface area contributed by atoms with Crippen LogP contribution in [0.4, 0.5) is 0 Å². The third-order valence-corrected chi connectivity index (χ3v) is 5.44. The fourth-order valence-corrected chi connectivity index (χ4v) is 3.70. The van der Waals surface area contributed by atoms with Gasteiger partial charge in [-0.2, -0.15) is 0 Å². The third-order valence-electron chi connectivity index (χ3n) is 5.44. The summed E-state index contributed by atoms with van der Waals surface area (Å²) < 4.78 is 5.71. The fourth-order valence-electron chi connectivity index (χ4n) is 3.70. The fraction of sp³-hybridized carbons (Fsp3) is 1.00. The summed E-state index contributed by atoms with van der Waals surface area (Å²) in [5.74, 6) is 1.67. The lowest BCUT2D eigenvalue weighted by atomic mass is 9.90. The van der Waals surface area contributed by atoms with Gasteiger partial charge in [0.2, 0.25) is 0 Å². The van der Waals surface area contributed by atoms with Crippen LogP contribution in [0.2, 0.25) is 0 Å². The molecule has 1 saturated carbocycles. The smallest absolute Gasteiger partial charge is 0.0588 e. The van der Waals surface area contributed by atoms with Crippen molar-refractivity contribution in [3.63, 3.8) is 0 Å². The summed E-state index contributed by atoms with van der Waals surface area (Å²) in [6.45, 7) is 11.6. The highest BCUT2D eigenvalue weighted by Crippen LogP contribution is 2.41. The van der Waals surface area contributed by atoms with E-state index in [0.717, 1.165) is 25.0 Å². The summed E-state index contributed by atoms with van der Waals surface area (Å²) in [6, 6.07) is 0.671. The Hall–Kier alpha value is -0.120. The summed E-state index contributed by atoms with van der Waals surface area (Å²) >= 11 is 0. The quantitative estimate of drug-likeness (QED) is 0.830. The Morgan fingerprint density at radius 3 is 2.67 bits per heavy atom. The third kappa shape index (κ3) is 2.45. The first-order valence-corrected chi connectivity index (χ1v) is 7.69. The van der Waals surface area contributed by atoms with E-state index < -0.39 is 0 Å². The van der Waals surface area contributed by atoms with E-state index in [9.17, 15) is 0 Å². The van der Waals surface area contributed by atoms with Gasteiger partial charge < -0.3 is 10.1 Å². The Kier molecular flexibility index (Phi) is 3.41. The topological polar surface area (TPSA) is 24.5 Å². The number of nitrogens with zero attached hydrogens (tertiary/aromatic N) is 1. The van der Waals surface area contributed by atoms with Gasteiger partial charge >= 0.3 is 0 Å². The van der Waals surface area contributed by atoms with Crippen molar-refractivity contribution < 1.29 is 4.74 Å². The molecule has 3 heteroatoms. The van der Waals surface area contributed by atoms with Crippen molar-refractivity contribution in [1.82, 2.24) is 10.2 Å². The summed E-state index contributed by atoms with van der Waals surface area (Å²) in [4.78, 5) is 2.71. The van der Waals surface area contributed by atoms with Crippen molar-refractivity contribution >= 4 is 0 Å². The molecular formula is C15H28N2O. The molecule has 2 saturated heterocycles. The Balaban J connectivity index is 1.62. The van der Waals surface area contributed by atoms with Gasteiger partial charge in [0.05, 0.1) is 6.10 Å². The molecule has 1 N–H and O–H groups in total. The zero-order chi connectivity index (χ0) is 12.8. The molecule has 2 heterocycles. The van der Waals surface area contributed by atoms with Crippen molar-refractivity contribution in [2.75, 3.05) is 26.2 Å².